The molecule has 1 fully saturated rings. The van der Waals surface area contributed by atoms with Crippen molar-refractivity contribution in [1.82, 2.24) is 15.0 Å². The van der Waals surface area contributed by atoms with E-state index in [2.05, 4.69) is 46.4 Å². The van der Waals surface area contributed by atoms with Crippen LogP contribution in [0.1, 0.15) is 72.3 Å². The number of fused-ring (bicyclic) bond motifs is 3. The number of aliphatic carboxylic acids is 1. The van der Waals surface area contributed by atoms with Gasteiger partial charge in [0.15, 0.2) is 12.4 Å². The third kappa shape index (κ3) is 4.82. The Balaban J connectivity index is 1.26. The van der Waals surface area contributed by atoms with E-state index < -0.39 is 5.97 Å². The van der Waals surface area contributed by atoms with Crippen LogP contribution < -0.4 is 19.3 Å². The van der Waals surface area contributed by atoms with Crippen LogP contribution in [0, 0.1) is 0 Å². The van der Waals surface area contributed by atoms with E-state index in [9.17, 15) is 14.7 Å². The number of ether oxygens (including phenoxy) is 2. The zero-order valence-corrected chi connectivity index (χ0v) is 25.4. The Morgan fingerprint density at radius 3 is 2.80 bits per heavy atom. The molecule has 1 N–H and O–H groups in total. The van der Waals surface area contributed by atoms with Gasteiger partial charge in [0, 0.05) is 32.6 Å². The smallest absolute Gasteiger partial charge is 0.304 e. The Hall–Kier alpha value is -4.60. The summed E-state index contributed by atoms with van der Waals surface area (Å²) in [5, 5.41) is 18.4. The van der Waals surface area contributed by atoms with Gasteiger partial charge in [-0.3, -0.25) is 9.59 Å². The predicted octanol–water partition coefficient (Wildman–Crippen LogP) is 5.16. The van der Waals surface area contributed by atoms with Crippen LogP contribution in [0.15, 0.2) is 42.5 Å². The number of carbonyl (C=O) groups excluding carboxylic acids is 1. The number of methoxy groups -OCH3 is 1. The zero-order chi connectivity index (χ0) is 30.5. The summed E-state index contributed by atoms with van der Waals surface area (Å²) in [5.74, 6) is 0.697. The molecule has 7 rings (SSSR count). The lowest BCUT2D eigenvalue weighted by atomic mass is 9.82. The normalized spacial score (nSPS) is 16.8. The highest BCUT2D eigenvalue weighted by molar-refractivity contribution is 6.00. The Morgan fingerprint density at radius 1 is 1.20 bits per heavy atom. The second kappa shape index (κ2) is 11.2. The maximum absolute atomic E-state index is 12.9. The molecule has 3 aliphatic rings. The molecule has 3 aromatic carbocycles. The Kier molecular flexibility index (Phi) is 7.14. The van der Waals surface area contributed by atoms with E-state index in [-0.39, 0.29) is 24.9 Å². The highest BCUT2D eigenvalue weighted by Gasteiger charge is 2.37. The SMILES string of the molecule is CCCN1C(=O)COc2c(N3CCc4c(cccc4C(CC(=O)O)c4cc(OC)c5c(c4)nnn5C)C3)ccc(C3CC3)c21. The molecule has 0 bridgehead atoms. The van der Waals surface area contributed by atoms with Crippen LogP contribution >= 0.6 is 0 Å². The third-order valence-corrected chi connectivity index (χ3v) is 9.22. The van der Waals surface area contributed by atoms with Crippen molar-refractivity contribution in [2.24, 2.45) is 7.05 Å². The van der Waals surface area contributed by atoms with Crippen molar-refractivity contribution in [3.63, 3.8) is 0 Å². The van der Waals surface area contributed by atoms with Crippen molar-refractivity contribution in [1.29, 1.82) is 0 Å². The minimum Gasteiger partial charge on any atom is -0.494 e. The summed E-state index contributed by atoms with van der Waals surface area (Å²) >= 11 is 0. The number of carboxylic acid groups (broad SMARTS) is 1. The molecule has 228 valence electrons. The van der Waals surface area contributed by atoms with Gasteiger partial charge < -0.3 is 24.4 Å². The fourth-order valence-corrected chi connectivity index (χ4v) is 7.05. The Bertz CT molecular complexity index is 1780. The molecule has 3 heterocycles. The second-order valence-corrected chi connectivity index (χ2v) is 12.1. The maximum atomic E-state index is 12.9. The van der Waals surface area contributed by atoms with Crippen molar-refractivity contribution in [2.45, 2.75) is 57.4 Å². The standard InChI is InChI=1S/C34H37N5O5/c1-4-13-39-30(40)19-44-34-28(11-10-24(32(34)39)20-8-9-20)38-14-12-23-21(18-38)6-5-7-25(23)26(17-31(41)42)22-15-27-33(29(16-22)43-3)37(2)36-35-27/h5-7,10-11,15-16,20,26H,4,8-9,12-14,17-19H2,1-3H3,(H,41,42). The maximum Gasteiger partial charge on any atom is 0.304 e. The van der Waals surface area contributed by atoms with Gasteiger partial charge in [-0.2, -0.15) is 0 Å². The van der Waals surface area contributed by atoms with Gasteiger partial charge >= 0.3 is 5.97 Å². The first-order chi connectivity index (χ1) is 21.4. The van der Waals surface area contributed by atoms with E-state index in [0.717, 1.165) is 71.6 Å². The van der Waals surface area contributed by atoms with E-state index in [4.69, 9.17) is 9.47 Å². The fraction of sp³-hybridized carbons (Fsp3) is 0.412. The van der Waals surface area contributed by atoms with Gasteiger partial charge in [-0.1, -0.05) is 36.4 Å². The van der Waals surface area contributed by atoms with Crippen LogP contribution in [-0.2, 0) is 29.6 Å². The van der Waals surface area contributed by atoms with Crippen LogP contribution in [0.25, 0.3) is 11.0 Å². The number of amides is 1. The number of anilines is 2. The molecule has 0 saturated heterocycles. The number of benzene rings is 3. The van der Waals surface area contributed by atoms with Gasteiger partial charge in [0.05, 0.1) is 24.9 Å². The third-order valence-electron chi connectivity index (χ3n) is 9.22. The lowest BCUT2D eigenvalue weighted by Gasteiger charge is -2.38. The van der Waals surface area contributed by atoms with Gasteiger partial charge in [-0.05, 0) is 77.6 Å². The number of aromatic nitrogens is 3. The molecule has 2 aliphatic heterocycles. The van der Waals surface area contributed by atoms with Crippen molar-refractivity contribution < 1.29 is 24.2 Å². The highest BCUT2D eigenvalue weighted by atomic mass is 16.5. The summed E-state index contributed by atoms with van der Waals surface area (Å²) in [6.45, 7) is 4.24. The van der Waals surface area contributed by atoms with Crippen molar-refractivity contribution >= 4 is 34.3 Å². The van der Waals surface area contributed by atoms with Gasteiger partial charge in [0.25, 0.3) is 5.91 Å². The average molecular weight is 596 g/mol. The number of aryl methyl sites for hydroxylation is 1. The summed E-state index contributed by atoms with van der Waals surface area (Å²) in [5.41, 5.74) is 8.82. The predicted molar refractivity (Wildman–Crippen MR) is 167 cm³/mol. The number of carbonyl (C=O) groups is 2. The Labute approximate surface area is 256 Å². The molecule has 1 atom stereocenters. The molecule has 1 aromatic heterocycles. The first-order valence-corrected chi connectivity index (χ1v) is 15.4. The minimum absolute atomic E-state index is 0.0211. The molecule has 4 aromatic rings. The van der Waals surface area contributed by atoms with E-state index in [0.29, 0.717) is 30.3 Å². The molecule has 0 radical (unpaired) electrons. The molecule has 10 heteroatoms. The summed E-state index contributed by atoms with van der Waals surface area (Å²) in [7, 11) is 3.42. The molecule has 44 heavy (non-hydrogen) atoms. The highest BCUT2D eigenvalue weighted by Crippen LogP contribution is 2.52. The number of rotatable bonds is 9. The molecule has 10 nitrogen and oxygen atoms in total. The molecule has 1 saturated carbocycles. The monoisotopic (exact) mass is 595 g/mol. The summed E-state index contributed by atoms with van der Waals surface area (Å²) in [6, 6.07) is 14.4. The van der Waals surface area contributed by atoms with Gasteiger partial charge in [0.1, 0.15) is 16.8 Å². The molecular formula is C34H37N5O5. The number of hydrogen-bond donors (Lipinski definition) is 1. The first kappa shape index (κ1) is 28.2. The first-order valence-electron chi connectivity index (χ1n) is 15.4. The minimum atomic E-state index is -0.867. The molecule has 1 unspecified atom stereocenters. The van der Waals surface area contributed by atoms with E-state index in [1.165, 1.54) is 11.1 Å². The zero-order valence-electron chi connectivity index (χ0n) is 25.4. The molecular weight excluding hydrogens is 558 g/mol. The molecule has 1 aliphatic carbocycles. The van der Waals surface area contributed by atoms with Crippen molar-refractivity contribution in [2.75, 3.05) is 36.6 Å². The number of hydrogen-bond acceptors (Lipinski definition) is 7. The fourth-order valence-electron chi connectivity index (χ4n) is 7.05. The van der Waals surface area contributed by atoms with Crippen molar-refractivity contribution in [3.05, 3.63) is 70.3 Å². The van der Waals surface area contributed by atoms with Crippen LogP contribution in [0.3, 0.4) is 0 Å². The number of nitrogens with zero attached hydrogens (tertiary/aromatic N) is 5. The lowest BCUT2D eigenvalue weighted by Crippen LogP contribution is -2.41. The average Bonchev–Trinajstić information content (AvgIpc) is 3.81. The van der Waals surface area contributed by atoms with Crippen LogP contribution in [0.2, 0.25) is 0 Å². The largest absolute Gasteiger partial charge is 0.494 e. The molecule has 1 amide bonds. The molecule has 0 spiro atoms. The van der Waals surface area contributed by atoms with Crippen LogP contribution in [0.5, 0.6) is 11.5 Å². The van der Waals surface area contributed by atoms with Gasteiger partial charge in [0.2, 0.25) is 0 Å². The van der Waals surface area contributed by atoms with Crippen LogP contribution in [0.4, 0.5) is 11.4 Å². The topological polar surface area (TPSA) is 110 Å². The summed E-state index contributed by atoms with van der Waals surface area (Å²) < 4.78 is 13.6. The van der Waals surface area contributed by atoms with Crippen LogP contribution in [-0.4, -0.2) is 58.8 Å². The van der Waals surface area contributed by atoms with E-state index >= 15 is 0 Å². The summed E-state index contributed by atoms with van der Waals surface area (Å²) in [4.78, 5) is 29.4. The van der Waals surface area contributed by atoms with E-state index in [1.54, 1.807) is 11.8 Å². The van der Waals surface area contributed by atoms with Gasteiger partial charge in [-0.15, -0.1) is 5.10 Å². The summed E-state index contributed by atoms with van der Waals surface area (Å²) in [6.07, 6.45) is 3.87. The van der Waals surface area contributed by atoms with Crippen molar-refractivity contribution in [3.8, 4) is 11.5 Å². The van der Waals surface area contributed by atoms with Gasteiger partial charge in [-0.25, -0.2) is 4.68 Å². The second-order valence-electron chi connectivity index (χ2n) is 12.1. The number of carboxylic acids is 1. The lowest BCUT2D eigenvalue weighted by molar-refractivity contribution is -0.137. The van der Waals surface area contributed by atoms with E-state index in [1.807, 2.05) is 30.1 Å². The quantitative estimate of drug-likeness (QED) is 0.283. The Morgan fingerprint density at radius 2 is 2.05 bits per heavy atom.